The number of piperidine rings is 1. The predicted octanol–water partition coefficient (Wildman–Crippen LogP) is 2.37. The van der Waals surface area contributed by atoms with Crippen LogP contribution in [0.3, 0.4) is 0 Å². The molecule has 130 valence electrons. The van der Waals surface area contributed by atoms with Gasteiger partial charge in [0.2, 0.25) is 0 Å². The van der Waals surface area contributed by atoms with Crippen LogP contribution in [0.5, 0.6) is 0 Å². The Labute approximate surface area is 144 Å². The Morgan fingerprint density at radius 1 is 1.33 bits per heavy atom. The van der Waals surface area contributed by atoms with Crippen LogP contribution in [-0.4, -0.2) is 41.9 Å². The van der Waals surface area contributed by atoms with Crippen molar-refractivity contribution in [1.82, 2.24) is 10.3 Å². The number of aryl methyl sites for hydroxylation is 1. The van der Waals surface area contributed by atoms with E-state index in [1.807, 2.05) is 19.2 Å². The van der Waals surface area contributed by atoms with E-state index in [1.165, 1.54) is 32.1 Å². The summed E-state index contributed by atoms with van der Waals surface area (Å²) in [7, 11) is 0. The Hall–Kier alpha value is -1.64. The molecule has 0 spiro atoms. The van der Waals surface area contributed by atoms with E-state index in [0.717, 1.165) is 30.9 Å². The molecule has 2 fully saturated rings. The molecule has 0 bridgehead atoms. The SMILES string of the molecule is Cc1cnc(N2CCC(NC3CCCCC3)C(CO)C2)c(C#N)c1. The lowest BCUT2D eigenvalue weighted by atomic mass is 9.89. The summed E-state index contributed by atoms with van der Waals surface area (Å²) in [6.07, 6.45) is 9.32. The zero-order valence-corrected chi connectivity index (χ0v) is 14.5. The van der Waals surface area contributed by atoms with Crippen LogP contribution in [0.1, 0.15) is 49.7 Å². The minimum absolute atomic E-state index is 0.175. The van der Waals surface area contributed by atoms with Gasteiger partial charge >= 0.3 is 0 Å². The van der Waals surface area contributed by atoms with Crippen molar-refractivity contribution < 1.29 is 5.11 Å². The highest BCUT2D eigenvalue weighted by Gasteiger charge is 2.31. The lowest BCUT2D eigenvalue weighted by Crippen LogP contribution is -2.53. The van der Waals surface area contributed by atoms with Gasteiger partial charge in [-0.1, -0.05) is 19.3 Å². The summed E-state index contributed by atoms with van der Waals surface area (Å²) in [4.78, 5) is 6.65. The predicted molar refractivity (Wildman–Crippen MR) is 94.9 cm³/mol. The van der Waals surface area contributed by atoms with E-state index in [1.54, 1.807) is 0 Å². The first kappa shape index (κ1) is 17.2. The zero-order chi connectivity index (χ0) is 16.9. The molecule has 1 aliphatic carbocycles. The Morgan fingerprint density at radius 2 is 2.12 bits per heavy atom. The molecule has 2 unspecified atom stereocenters. The number of hydrogen-bond donors (Lipinski definition) is 2. The second-order valence-corrected chi connectivity index (χ2v) is 7.28. The monoisotopic (exact) mass is 328 g/mol. The van der Waals surface area contributed by atoms with Crippen molar-refractivity contribution in [3.63, 3.8) is 0 Å². The number of nitrogens with zero attached hydrogens (tertiary/aromatic N) is 3. The number of hydrogen-bond acceptors (Lipinski definition) is 5. The normalized spacial score (nSPS) is 25.5. The first-order valence-electron chi connectivity index (χ1n) is 9.20. The molecule has 2 heterocycles. The van der Waals surface area contributed by atoms with Crippen molar-refractivity contribution in [3.05, 3.63) is 23.4 Å². The summed E-state index contributed by atoms with van der Waals surface area (Å²) in [6, 6.07) is 5.13. The Kier molecular flexibility index (Phi) is 5.70. The van der Waals surface area contributed by atoms with Crippen LogP contribution < -0.4 is 10.2 Å². The van der Waals surface area contributed by atoms with Gasteiger partial charge in [-0.05, 0) is 37.8 Å². The molecule has 2 atom stereocenters. The molecule has 1 aromatic rings. The lowest BCUT2D eigenvalue weighted by molar-refractivity contribution is 0.160. The summed E-state index contributed by atoms with van der Waals surface area (Å²) >= 11 is 0. The van der Waals surface area contributed by atoms with E-state index < -0.39 is 0 Å². The lowest BCUT2D eigenvalue weighted by Gasteiger charge is -2.41. The van der Waals surface area contributed by atoms with Gasteiger partial charge in [-0.25, -0.2) is 4.98 Å². The standard InChI is InChI=1S/C19H28N4O/c1-14-9-15(10-20)19(21-11-14)23-8-7-18(16(12-23)13-24)22-17-5-3-2-4-6-17/h9,11,16-18,22,24H,2-8,12-13H2,1H3. The summed E-state index contributed by atoms with van der Waals surface area (Å²) in [5.74, 6) is 0.952. The Morgan fingerprint density at radius 3 is 2.83 bits per heavy atom. The molecule has 5 heteroatoms. The molecule has 2 aliphatic rings. The largest absolute Gasteiger partial charge is 0.396 e. The fourth-order valence-electron chi connectivity index (χ4n) is 4.10. The van der Waals surface area contributed by atoms with Gasteiger partial charge in [0.15, 0.2) is 0 Å². The molecular weight excluding hydrogens is 300 g/mol. The minimum Gasteiger partial charge on any atom is -0.396 e. The van der Waals surface area contributed by atoms with Gasteiger partial charge in [-0.2, -0.15) is 5.26 Å². The highest BCUT2D eigenvalue weighted by molar-refractivity contribution is 5.55. The number of anilines is 1. The van der Waals surface area contributed by atoms with Crippen LogP contribution in [-0.2, 0) is 0 Å². The molecule has 0 radical (unpaired) electrons. The maximum atomic E-state index is 9.87. The molecule has 5 nitrogen and oxygen atoms in total. The van der Waals surface area contributed by atoms with Crippen molar-refractivity contribution in [2.75, 3.05) is 24.6 Å². The van der Waals surface area contributed by atoms with Gasteiger partial charge < -0.3 is 15.3 Å². The molecule has 2 N–H and O–H groups in total. The molecule has 3 rings (SSSR count). The third-order valence-electron chi connectivity index (χ3n) is 5.45. The van der Waals surface area contributed by atoms with Gasteiger partial charge in [-0.15, -0.1) is 0 Å². The van der Waals surface area contributed by atoms with E-state index >= 15 is 0 Å². The highest BCUT2D eigenvalue weighted by Crippen LogP contribution is 2.27. The highest BCUT2D eigenvalue weighted by atomic mass is 16.3. The third-order valence-corrected chi connectivity index (χ3v) is 5.45. The fraction of sp³-hybridized carbons (Fsp3) is 0.684. The van der Waals surface area contributed by atoms with Gasteiger partial charge in [0, 0.05) is 43.9 Å². The number of nitrogens with one attached hydrogen (secondary N) is 1. The first-order valence-corrected chi connectivity index (χ1v) is 9.20. The van der Waals surface area contributed by atoms with Crippen LogP contribution in [0.25, 0.3) is 0 Å². The quantitative estimate of drug-likeness (QED) is 0.888. The molecular formula is C19H28N4O. The van der Waals surface area contributed by atoms with Gasteiger partial charge in [0.05, 0.1) is 5.56 Å². The number of aliphatic hydroxyl groups excluding tert-OH is 1. The Bertz CT molecular complexity index is 592. The van der Waals surface area contributed by atoms with Crippen LogP contribution in [0.4, 0.5) is 5.82 Å². The Balaban J connectivity index is 1.67. The van der Waals surface area contributed by atoms with E-state index in [2.05, 4.69) is 21.3 Å². The van der Waals surface area contributed by atoms with Crippen LogP contribution in [0.15, 0.2) is 12.3 Å². The molecule has 1 aromatic heterocycles. The molecule has 1 aliphatic heterocycles. The van der Waals surface area contributed by atoms with Gasteiger partial charge in [-0.3, -0.25) is 0 Å². The van der Waals surface area contributed by atoms with Gasteiger partial charge in [0.25, 0.3) is 0 Å². The second-order valence-electron chi connectivity index (χ2n) is 7.28. The topological polar surface area (TPSA) is 72.2 Å². The van der Waals surface area contributed by atoms with Crippen LogP contribution in [0.2, 0.25) is 0 Å². The average Bonchev–Trinajstić information content (AvgIpc) is 2.63. The average molecular weight is 328 g/mol. The van der Waals surface area contributed by atoms with Crippen molar-refractivity contribution in [2.24, 2.45) is 5.92 Å². The second kappa shape index (κ2) is 7.96. The molecule has 1 saturated heterocycles. The van der Waals surface area contributed by atoms with E-state index in [-0.39, 0.29) is 12.5 Å². The van der Waals surface area contributed by atoms with E-state index in [0.29, 0.717) is 17.6 Å². The van der Waals surface area contributed by atoms with Crippen molar-refractivity contribution in [3.8, 4) is 6.07 Å². The smallest absolute Gasteiger partial charge is 0.146 e. The van der Waals surface area contributed by atoms with Crippen molar-refractivity contribution in [1.29, 1.82) is 5.26 Å². The van der Waals surface area contributed by atoms with E-state index in [4.69, 9.17) is 0 Å². The summed E-state index contributed by atoms with van der Waals surface area (Å²) in [5.41, 5.74) is 1.63. The minimum atomic E-state index is 0.175. The maximum absolute atomic E-state index is 9.87. The van der Waals surface area contributed by atoms with Crippen LogP contribution in [0, 0.1) is 24.2 Å². The fourth-order valence-corrected chi connectivity index (χ4v) is 4.10. The van der Waals surface area contributed by atoms with E-state index in [9.17, 15) is 10.4 Å². The molecule has 0 amide bonds. The summed E-state index contributed by atoms with van der Waals surface area (Å²) < 4.78 is 0. The zero-order valence-electron chi connectivity index (χ0n) is 14.5. The van der Waals surface area contributed by atoms with Gasteiger partial charge in [0.1, 0.15) is 11.9 Å². The van der Waals surface area contributed by atoms with Crippen molar-refractivity contribution in [2.45, 2.75) is 57.5 Å². The first-order chi connectivity index (χ1) is 11.7. The summed E-state index contributed by atoms with van der Waals surface area (Å²) in [6.45, 7) is 3.76. The summed E-state index contributed by atoms with van der Waals surface area (Å²) in [5, 5.41) is 23.1. The number of aliphatic hydroxyl groups is 1. The number of pyridine rings is 1. The number of rotatable bonds is 4. The molecule has 1 saturated carbocycles. The molecule has 0 aromatic carbocycles. The maximum Gasteiger partial charge on any atom is 0.146 e. The third kappa shape index (κ3) is 3.88. The van der Waals surface area contributed by atoms with Crippen LogP contribution >= 0.6 is 0 Å². The van der Waals surface area contributed by atoms with Crippen molar-refractivity contribution >= 4 is 5.82 Å². The molecule has 24 heavy (non-hydrogen) atoms. The number of nitriles is 1. The number of aromatic nitrogens is 1.